The molecule has 0 spiro atoms. The number of ether oxygens (including phenoxy) is 1. The first-order valence-corrected chi connectivity index (χ1v) is 6.85. The number of hydrogen-bond donors (Lipinski definition) is 2. The molecule has 0 aromatic heterocycles. The van der Waals surface area contributed by atoms with Crippen molar-refractivity contribution in [1.82, 2.24) is 0 Å². The molecule has 0 bridgehead atoms. The number of hydrogen-bond acceptors (Lipinski definition) is 3. The number of aryl methyl sites for hydroxylation is 1. The molecule has 0 heterocycles. The molecule has 0 aliphatic heterocycles. The molecular formula is C16H17ClN2O2. The van der Waals surface area contributed by atoms with Crippen LogP contribution in [0, 0.1) is 6.92 Å². The van der Waals surface area contributed by atoms with Crippen molar-refractivity contribution in [3.8, 4) is 5.75 Å². The molecule has 0 saturated heterocycles. The van der Waals surface area contributed by atoms with E-state index in [0.717, 1.165) is 11.3 Å². The van der Waals surface area contributed by atoms with Crippen LogP contribution in [0.2, 0.25) is 5.02 Å². The molecule has 4 nitrogen and oxygen atoms in total. The normalized spacial score (nSPS) is 11.8. The molecule has 2 aromatic rings. The van der Waals surface area contributed by atoms with Crippen molar-refractivity contribution in [1.29, 1.82) is 0 Å². The SMILES string of the molecule is COc1ccc(C(Nc2ccc(C)cc2)C(N)=O)cc1Cl. The molecule has 21 heavy (non-hydrogen) atoms. The molecule has 0 saturated carbocycles. The van der Waals surface area contributed by atoms with E-state index >= 15 is 0 Å². The van der Waals surface area contributed by atoms with E-state index in [1.807, 2.05) is 31.2 Å². The van der Waals surface area contributed by atoms with E-state index in [-0.39, 0.29) is 0 Å². The highest BCUT2D eigenvalue weighted by Gasteiger charge is 2.19. The lowest BCUT2D eigenvalue weighted by molar-refractivity contribution is -0.118. The van der Waals surface area contributed by atoms with E-state index in [9.17, 15) is 4.79 Å². The fraction of sp³-hybridized carbons (Fsp3) is 0.188. The number of anilines is 1. The third-order valence-corrected chi connectivity index (χ3v) is 3.45. The smallest absolute Gasteiger partial charge is 0.244 e. The second kappa shape index (κ2) is 6.50. The van der Waals surface area contributed by atoms with E-state index in [4.69, 9.17) is 22.1 Å². The van der Waals surface area contributed by atoms with Crippen LogP contribution in [-0.2, 0) is 4.79 Å². The average Bonchev–Trinajstić information content (AvgIpc) is 2.46. The monoisotopic (exact) mass is 304 g/mol. The molecule has 0 radical (unpaired) electrons. The molecule has 2 rings (SSSR count). The minimum Gasteiger partial charge on any atom is -0.495 e. The van der Waals surface area contributed by atoms with Gasteiger partial charge in [-0.1, -0.05) is 35.4 Å². The fourth-order valence-corrected chi connectivity index (χ4v) is 2.26. The number of methoxy groups -OCH3 is 1. The van der Waals surface area contributed by atoms with Crippen LogP contribution in [0.1, 0.15) is 17.2 Å². The molecule has 1 amide bonds. The zero-order valence-electron chi connectivity index (χ0n) is 11.9. The minimum atomic E-state index is -0.656. The first-order chi connectivity index (χ1) is 10.0. The Balaban J connectivity index is 2.28. The van der Waals surface area contributed by atoms with Crippen LogP contribution in [0.5, 0.6) is 5.75 Å². The second-order valence-electron chi connectivity index (χ2n) is 4.74. The van der Waals surface area contributed by atoms with Crippen LogP contribution in [0.25, 0.3) is 0 Å². The Morgan fingerprint density at radius 2 is 1.90 bits per heavy atom. The van der Waals surface area contributed by atoms with Crippen LogP contribution >= 0.6 is 11.6 Å². The standard InChI is InChI=1S/C16H17ClN2O2/c1-10-3-6-12(7-4-10)19-15(16(18)20)11-5-8-14(21-2)13(17)9-11/h3-9,15,19H,1-2H3,(H2,18,20). The third kappa shape index (κ3) is 3.67. The van der Waals surface area contributed by atoms with Crippen molar-refractivity contribution in [2.45, 2.75) is 13.0 Å². The van der Waals surface area contributed by atoms with Crippen molar-refractivity contribution in [3.05, 3.63) is 58.6 Å². The largest absolute Gasteiger partial charge is 0.495 e. The van der Waals surface area contributed by atoms with Gasteiger partial charge in [0.25, 0.3) is 0 Å². The summed E-state index contributed by atoms with van der Waals surface area (Å²) in [6.45, 7) is 2.00. The predicted octanol–water partition coefficient (Wildman–Crippen LogP) is 3.30. The van der Waals surface area contributed by atoms with Crippen molar-refractivity contribution in [3.63, 3.8) is 0 Å². The molecule has 0 aliphatic carbocycles. The van der Waals surface area contributed by atoms with Crippen LogP contribution in [0.15, 0.2) is 42.5 Å². The van der Waals surface area contributed by atoms with Crippen LogP contribution in [0.4, 0.5) is 5.69 Å². The number of nitrogens with one attached hydrogen (secondary N) is 1. The van der Waals surface area contributed by atoms with E-state index in [0.29, 0.717) is 16.3 Å². The summed E-state index contributed by atoms with van der Waals surface area (Å²) in [5, 5.41) is 3.55. The van der Waals surface area contributed by atoms with Gasteiger partial charge in [-0.25, -0.2) is 0 Å². The van der Waals surface area contributed by atoms with E-state index in [2.05, 4.69) is 5.32 Å². The first-order valence-electron chi connectivity index (χ1n) is 6.47. The van der Waals surface area contributed by atoms with Crippen LogP contribution in [-0.4, -0.2) is 13.0 Å². The summed E-state index contributed by atoms with van der Waals surface area (Å²) in [6, 6.07) is 12.2. The van der Waals surface area contributed by atoms with Gasteiger partial charge < -0.3 is 15.8 Å². The molecular weight excluding hydrogens is 288 g/mol. The van der Waals surface area contributed by atoms with Gasteiger partial charge in [-0.15, -0.1) is 0 Å². The lowest BCUT2D eigenvalue weighted by Gasteiger charge is -2.18. The molecule has 0 aliphatic rings. The van der Waals surface area contributed by atoms with Gasteiger partial charge >= 0.3 is 0 Å². The maximum Gasteiger partial charge on any atom is 0.244 e. The Hall–Kier alpha value is -2.20. The van der Waals surface area contributed by atoms with E-state index < -0.39 is 11.9 Å². The summed E-state index contributed by atoms with van der Waals surface area (Å²) in [7, 11) is 1.54. The maximum atomic E-state index is 11.7. The van der Waals surface area contributed by atoms with Gasteiger partial charge in [0.05, 0.1) is 12.1 Å². The third-order valence-electron chi connectivity index (χ3n) is 3.16. The van der Waals surface area contributed by atoms with E-state index in [1.165, 1.54) is 7.11 Å². The average molecular weight is 305 g/mol. The minimum absolute atomic E-state index is 0.437. The molecule has 2 aromatic carbocycles. The summed E-state index contributed by atoms with van der Waals surface area (Å²) < 4.78 is 5.10. The number of carbonyl (C=O) groups is 1. The van der Waals surface area contributed by atoms with Gasteiger partial charge in [0.15, 0.2) is 0 Å². The quantitative estimate of drug-likeness (QED) is 0.891. The number of nitrogens with two attached hydrogens (primary N) is 1. The Morgan fingerprint density at radius 1 is 1.24 bits per heavy atom. The van der Waals surface area contributed by atoms with Crippen molar-refractivity contribution in [2.24, 2.45) is 5.73 Å². The van der Waals surface area contributed by atoms with Crippen molar-refractivity contribution >= 4 is 23.2 Å². The zero-order chi connectivity index (χ0) is 15.4. The van der Waals surface area contributed by atoms with Crippen LogP contribution < -0.4 is 15.8 Å². The van der Waals surface area contributed by atoms with Crippen molar-refractivity contribution < 1.29 is 9.53 Å². The summed E-state index contributed by atoms with van der Waals surface area (Å²) in [6.07, 6.45) is 0. The maximum absolute atomic E-state index is 11.7. The summed E-state index contributed by atoms with van der Waals surface area (Å²) in [5.74, 6) is 0.0794. The number of rotatable bonds is 5. The number of primary amides is 1. The highest BCUT2D eigenvalue weighted by molar-refractivity contribution is 6.32. The van der Waals surface area contributed by atoms with Gasteiger partial charge in [0.2, 0.25) is 5.91 Å². The number of amides is 1. The summed E-state index contributed by atoms with van der Waals surface area (Å²) in [5.41, 5.74) is 8.14. The van der Waals surface area contributed by atoms with Gasteiger partial charge in [0, 0.05) is 5.69 Å². The summed E-state index contributed by atoms with van der Waals surface area (Å²) >= 11 is 6.10. The van der Waals surface area contributed by atoms with Crippen LogP contribution in [0.3, 0.4) is 0 Å². The molecule has 1 unspecified atom stereocenters. The fourth-order valence-electron chi connectivity index (χ4n) is 2.00. The number of halogens is 1. The van der Waals surface area contributed by atoms with Gasteiger partial charge in [-0.05, 0) is 36.8 Å². The number of benzene rings is 2. The Labute approximate surface area is 128 Å². The topological polar surface area (TPSA) is 64.3 Å². The highest BCUT2D eigenvalue weighted by Crippen LogP contribution is 2.29. The lowest BCUT2D eigenvalue weighted by atomic mass is 10.1. The van der Waals surface area contributed by atoms with Crippen molar-refractivity contribution in [2.75, 3.05) is 12.4 Å². The Morgan fingerprint density at radius 3 is 2.43 bits per heavy atom. The molecule has 0 fully saturated rings. The van der Waals surface area contributed by atoms with Gasteiger partial charge in [-0.2, -0.15) is 0 Å². The first kappa shape index (κ1) is 15.2. The zero-order valence-corrected chi connectivity index (χ0v) is 12.6. The molecule has 1 atom stereocenters. The van der Waals surface area contributed by atoms with Gasteiger partial charge in [-0.3, -0.25) is 4.79 Å². The molecule has 110 valence electrons. The Bertz CT molecular complexity index is 641. The Kier molecular flexibility index (Phi) is 4.70. The van der Waals surface area contributed by atoms with E-state index in [1.54, 1.807) is 18.2 Å². The predicted molar refractivity (Wildman–Crippen MR) is 84.7 cm³/mol. The lowest BCUT2D eigenvalue weighted by Crippen LogP contribution is -2.27. The highest BCUT2D eigenvalue weighted by atomic mass is 35.5. The molecule has 5 heteroatoms. The second-order valence-corrected chi connectivity index (χ2v) is 5.15. The number of carbonyl (C=O) groups excluding carboxylic acids is 1. The molecule has 3 N–H and O–H groups in total. The summed E-state index contributed by atoms with van der Waals surface area (Å²) in [4.78, 5) is 11.7. The van der Waals surface area contributed by atoms with Gasteiger partial charge in [0.1, 0.15) is 11.8 Å².